The van der Waals surface area contributed by atoms with Crippen molar-refractivity contribution in [1.82, 2.24) is 14.9 Å². The van der Waals surface area contributed by atoms with Crippen LogP contribution in [0, 0.1) is 0 Å². The molecule has 1 fully saturated rings. The van der Waals surface area contributed by atoms with Crippen LogP contribution in [0.5, 0.6) is 17.6 Å². The highest BCUT2D eigenvalue weighted by Gasteiger charge is 2.25. The number of nitrogens with zero attached hydrogens (tertiary/aromatic N) is 3. The van der Waals surface area contributed by atoms with Crippen LogP contribution in [-0.2, 0) is 4.79 Å². The Morgan fingerprint density at radius 2 is 1.81 bits per heavy atom. The van der Waals surface area contributed by atoms with Gasteiger partial charge in [-0.15, -0.1) is 0 Å². The third-order valence-electron chi connectivity index (χ3n) is 4.17. The number of methoxy groups -OCH3 is 1. The Balaban J connectivity index is 1.53. The van der Waals surface area contributed by atoms with Gasteiger partial charge < -0.3 is 19.1 Å². The molecule has 0 unspecified atom stereocenters. The van der Waals surface area contributed by atoms with Gasteiger partial charge in [0.1, 0.15) is 11.9 Å². The molecule has 8 nitrogen and oxygen atoms in total. The number of hydrogen-bond acceptors (Lipinski definition) is 7. The second-order valence-corrected chi connectivity index (χ2v) is 6.11. The van der Waals surface area contributed by atoms with Gasteiger partial charge in [-0.25, -0.2) is 4.98 Å². The molecule has 0 saturated carbocycles. The quantitative estimate of drug-likeness (QED) is 0.587. The first-order valence-electron chi connectivity index (χ1n) is 8.66. The minimum Gasteiger partial charge on any atom is -0.474 e. The summed E-state index contributed by atoms with van der Waals surface area (Å²) in [6.45, 7) is 2.53. The molecule has 2 aromatic rings. The highest BCUT2D eigenvalue weighted by atomic mass is 16.5. The van der Waals surface area contributed by atoms with Gasteiger partial charge in [-0.3, -0.25) is 9.59 Å². The number of hydrogen-bond donors (Lipinski definition) is 0. The minimum absolute atomic E-state index is 0.0139. The summed E-state index contributed by atoms with van der Waals surface area (Å²) < 4.78 is 15.8. The normalized spacial score (nSPS) is 14.5. The number of rotatable bonds is 5. The maximum atomic E-state index is 12.6. The SMILES string of the molecule is COc1nccc(OC2CCN(C(=O)c3ccc(OC(C)=O)cc3)CC2)n1. The maximum Gasteiger partial charge on any atom is 0.319 e. The van der Waals surface area contributed by atoms with Gasteiger partial charge in [-0.1, -0.05) is 0 Å². The van der Waals surface area contributed by atoms with Gasteiger partial charge in [-0.05, 0) is 24.3 Å². The van der Waals surface area contributed by atoms with Gasteiger partial charge in [0.15, 0.2) is 0 Å². The Morgan fingerprint density at radius 3 is 2.44 bits per heavy atom. The van der Waals surface area contributed by atoms with Crippen molar-refractivity contribution in [3.05, 3.63) is 42.1 Å². The Kier molecular flexibility index (Phi) is 5.85. The number of likely N-dealkylation sites (tertiary alicyclic amines) is 1. The number of piperidine rings is 1. The summed E-state index contributed by atoms with van der Waals surface area (Å²) in [6.07, 6.45) is 2.99. The number of benzene rings is 1. The lowest BCUT2D eigenvalue weighted by atomic mass is 10.1. The smallest absolute Gasteiger partial charge is 0.319 e. The largest absolute Gasteiger partial charge is 0.474 e. The van der Waals surface area contributed by atoms with Gasteiger partial charge in [0.05, 0.1) is 7.11 Å². The first-order chi connectivity index (χ1) is 13.0. The van der Waals surface area contributed by atoms with E-state index in [9.17, 15) is 9.59 Å². The van der Waals surface area contributed by atoms with Crippen molar-refractivity contribution >= 4 is 11.9 Å². The summed E-state index contributed by atoms with van der Waals surface area (Å²) in [6, 6.07) is 8.51. The van der Waals surface area contributed by atoms with Gasteiger partial charge >= 0.3 is 12.0 Å². The van der Waals surface area contributed by atoms with Gasteiger partial charge in [0.2, 0.25) is 5.88 Å². The molecular weight excluding hydrogens is 350 g/mol. The number of carbonyl (C=O) groups is 2. The number of carbonyl (C=O) groups excluding carboxylic acids is 2. The minimum atomic E-state index is -0.391. The summed E-state index contributed by atoms with van der Waals surface area (Å²) >= 11 is 0. The van der Waals surface area contributed by atoms with Crippen molar-refractivity contribution in [1.29, 1.82) is 0 Å². The molecule has 0 atom stereocenters. The molecule has 3 rings (SSSR count). The van der Waals surface area contributed by atoms with E-state index in [1.807, 2.05) is 0 Å². The lowest BCUT2D eigenvalue weighted by Crippen LogP contribution is -2.41. The van der Waals surface area contributed by atoms with Gasteiger partial charge in [0, 0.05) is 50.7 Å². The molecular formula is C19H21N3O5. The van der Waals surface area contributed by atoms with Crippen LogP contribution in [0.2, 0.25) is 0 Å². The lowest BCUT2D eigenvalue weighted by molar-refractivity contribution is -0.131. The van der Waals surface area contributed by atoms with Crippen LogP contribution in [0.3, 0.4) is 0 Å². The Morgan fingerprint density at radius 1 is 1.11 bits per heavy atom. The van der Waals surface area contributed by atoms with Crippen LogP contribution in [-0.4, -0.2) is 53.0 Å². The second kappa shape index (κ2) is 8.48. The molecule has 1 aliphatic rings. The first kappa shape index (κ1) is 18.6. The third-order valence-corrected chi connectivity index (χ3v) is 4.17. The van der Waals surface area contributed by atoms with Gasteiger partial charge in [-0.2, -0.15) is 4.98 Å². The molecule has 1 aromatic carbocycles. The molecule has 8 heteroatoms. The monoisotopic (exact) mass is 371 g/mol. The van der Waals surface area contributed by atoms with E-state index in [0.29, 0.717) is 43.1 Å². The Bertz CT molecular complexity index is 801. The van der Waals surface area contributed by atoms with Crippen LogP contribution in [0.15, 0.2) is 36.5 Å². The summed E-state index contributed by atoms with van der Waals surface area (Å²) in [7, 11) is 1.50. The maximum absolute atomic E-state index is 12.6. The van der Waals surface area contributed by atoms with Crippen LogP contribution < -0.4 is 14.2 Å². The van der Waals surface area contributed by atoms with E-state index in [1.165, 1.54) is 14.0 Å². The molecule has 1 saturated heterocycles. The molecule has 0 aliphatic carbocycles. The zero-order valence-corrected chi connectivity index (χ0v) is 15.3. The molecule has 0 radical (unpaired) electrons. The van der Waals surface area contributed by atoms with Crippen molar-refractivity contribution in [3.8, 4) is 17.6 Å². The van der Waals surface area contributed by atoms with E-state index >= 15 is 0 Å². The Hall–Kier alpha value is -3.16. The van der Waals surface area contributed by atoms with Crippen LogP contribution in [0.4, 0.5) is 0 Å². The molecule has 2 heterocycles. The summed E-state index contributed by atoms with van der Waals surface area (Å²) in [5, 5.41) is 0. The Labute approximate surface area is 157 Å². The van der Waals surface area contributed by atoms with Crippen LogP contribution >= 0.6 is 0 Å². The van der Waals surface area contributed by atoms with E-state index in [2.05, 4.69) is 9.97 Å². The molecule has 27 heavy (non-hydrogen) atoms. The van der Waals surface area contributed by atoms with Crippen molar-refractivity contribution < 1.29 is 23.8 Å². The molecule has 1 amide bonds. The number of esters is 1. The zero-order chi connectivity index (χ0) is 19.2. The van der Waals surface area contributed by atoms with E-state index in [1.54, 1.807) is 41.4 Å². The number of aromatic nitrogens is 2. The predicted octanol–water partition coefficient (Wildman–Crippen LogP) is 2.09. The molecule has 142 valence electrons. The summed E-state index contributed by atoms with van der Waals surface area (Å²) in [4.78, 5) is 33.5. The van der Waals surface area contributed by atoms with Gasteiger partial charge in [0.25, 0.3) is 5.91 Å². The lowest BCUT2D eigenvalue weighted by Gasteiger charge is -2.32. The molecule has 1 aliphatic heterocycles. The number of amides is 1. The fourth-order valence-corrected chi connectivity index (χ4v) is 2.85. The highest BCUT2D eigenvalue weighted by Crippen LogP contribution is 2.20. The van der Waals surface area contributed by atoms with Crippen LogP contribution in [0.1, 0.15) is 30.1 Å². The zero-order valence-electron chi connectivity index (χ0n) is 15.3. The highest BCUT2D eigenvalue weighted by molar-refractivity contribution is 5.94. The first-order valence-corrected chi connectivity index (χ1v) is 8.66. The topological polar surface area (TPSA) is 90.9 Å². The van der Waals surface area contributed by atoms with Crippen molar-refractivity contribution in [2.24, 2.45) is 0 Å². The van der Waals surface area contributed by atoms with E-state index in [0.717, 1.165) is 0 Å². The standard InChI is InChI=1S/C19H21N3O5/c1-13(23)26-15-5-3-14(4-6-15)18(24)22-11-8-16(9-12-22)27-17-7-10-20-19(21-17)25-2/h3-7,10,16H,8-9,11-12H2,1-2H3. The van der Waals surface area contributed by atoms with Crippen molar-refractivity contribution in [3.63, 3.8) is 0 Å². The summed E-state index contributed by atoms with van der Waals surface area (Å²) in [5.41, 5.74) is 0.561. The second-order valence-electron chi connectivity index (χ2n) is 6.11. The predicted molar refractivity (Wildman–Crippen MR) is 95.9 cm³/mol. The van der Waals surface area contributed by atoms with E-state index in [4.69, 9.17) is 14.2 Å². The van der Waals surface area contributed by atoms with Crippen molar-refractivity contribution in [2.45, 2.75) is 25.9 Å². The molecule has 0 bridgehead atoms. The fourth-order valence-electron chi connectivity index (χ4n) is 2.85. The average molecular weight is 371 g/mol. The van der Waals surface area contributed by atoms with E-state index in [-0.39, 0.29) is 18.0 Å². The fraction of sp³-hybridized carbons (Fsp3) is 0.368. The molecule has 0 spiro atoms. The third kappa shape index (κ3) is 4.93. The van der Waals surface area contributed by atoms with Crippen molar-refractivity contribution in [2.75, 3.05) is 20.2 Å². The number of ether oxygens (including phenoxy) is 3. The summed E-state index contributed by atoms with van der Waals surface area (Å²) in [5.74, 6) is 0.447. The van der Waals surface area contributed by atoms with E-state index < -0.39 is 5.97 Å². The average Bonchev–Trinajstić information content (AvgIpc) is 2.68. The molecule has 0 N–H and O–H groups in total. The molecule has 1 aromatic heterocycles. The van der Waals surface area contributed by atoms with Crippen LogP contribution in [0.25, 0.3) is 0 Å².